The zero-order valence-electron chi connectivity index (χ0n) is 32.0. The van der Waals surface area contributed by atoms with Crippen molar-refractivity contribution in [2.45, 2.75) is 12.8 Å². The molecule has 0 bridgehead atoms. The van der Waals surface area contributed by atoms with Gasteiger partial charge < -0.3 is 48.0 Å². The first kappa shape index (κ1) is 46.2. The van der Waals surface area contributed by atoms with E-state index in [1.54, 1.807) is 38.5 Å². The molecule has 56 heavy (non-hydrogen) atoms. The maximum atomic E-state index is 12.0. The van der Waals surface area contributed by atoms with Crippen molar-refractivity contribution in [2.24, 2.45) is 5.73 Å². The Morgan fingerprint density at radius 2 is 0.964 bits per heavy atom. The van der Waals surface area contributed by atoms with E-state index in [0.29, 0.717) is 35.5 Å². The minimum absolute atomic E-state index is 0. The summed E-state index contributed by atoms with van der Waals surface area (Å²) in [5, 5.41) is 0. The third-order valence-corrected chi connectivity index (χ3v) is 8.18. The van der Waals surface area contributed by atoms with Gasteiger partial charge in [-0.25, -0.2) is 24.7 Å². The van der Waals surface area contributed by atoms with Crippen LogP contribution in [0.2, 0.25) is 0 Å². The van der Waals surface area contributed by atoms with E-state index in [0.717, 1.165) is 56.5 Å². The molecule has 4 aromatic carbocycles. The third-order valence-electron chi connectivity index (χ3n) is 8.18. The van der Waals surface area contributed by atoms with Gasteiger partial charge in [-0.3, -0.25) is 4.79 Å². The molecule has 1 amide bonds. The van der Waals surface area contributed by atoms with Crippen LogP contribution in [-0.2, 0) is 17.6 Å². The number of nitrogens with two attached hydrogens (primary N) is 2. The van der Waals surface area contributed by atoms with Crippen molar-refractivity contribution in [2.75, 3.05) is 35.5 Å². The molecular formula is C41H41ClLiN6O7-. The fraction of sp³-hybridized carbons (Fsp3) is 0.171. The summed E-state index contributed by atoms with van der Waals surface area (Å²) in [5.41, 5.74) is 13.0. The van der Waals surface area contributed by atoms with Crippen LogP contribution in [0.25, 0.3) is 28.7 Å². The number of carbonyl (C=O) groups is 2. The summed E-state index contributed by atoms with van der Waals surface area (Å²) in [6.07, 6.45) is 4.13. The SMILES string of the molecule is COC(=O)c1cc(Cc2cc(-c3ccccc3OC)ncn2)ccc1OC.COc1ccc(Cc2cc(-c3ccccc3OC)ncn2)cc1C(N)=O.[Cl-].[Li+].[NH2-]. The first-order valence-corrected chi connectivity index (χ1v) is 16.4. The molecule has 0 aliphatic heterocycles. The average Bonchev–Trinajstić information content (AvgIpc) is 3.20. The molecule has 15 heteroatoms. The van der Waals surface area contributed by atoms with Gasteiger partial charge in [-0.05, 0) is 71.8 Å². The molecular weight excluding hydrogens is 731 g/mol. The molecule has 4 N–H and O–H groups in total. The van der Waals surface area contributed by atoms with Gasteiger partial charge >= 0.3 is 24.8 Å². The second-order valence-electron chi connectivity index (χ2n) is 11.5. The summed E-state index contributed by atoms with van der Waals surface area (Å²) < 4.78 is 26.0. The quantitative estimate of drug-likeness (QED) is 0.139. The zero-order chi connectivity index (χ0) is 37.7. The standard InChI is InChI=1S/C21H20N2O4.C20H19N3O3.ClH.Li.H2N/c1-25-19-7-5-4-6-16(19)18-12-15(22-13-23-18)10-14-8-9-20(26-2)17(11-14)21(24)27-3;1-25-18-6-4-3-5-15(18)17-11-14(22-12-23-17)9-13-7-8-19(26-2)16(10-13)20(21)24;;;/h4-9,11-13H,10H2,1-3H3;3-8,10-12H,9H2,1-2H3,(H2,21,24);1H;;1H2/q;;;+1;-1/p-1. The van der Waals surface area contributed by atoms with Crippen LogP contribution in [0.3, 0.4) is 0 Å². The molecule has 0 spiro atoms. The number of ether oxygens (including phenoxy) is 5. The van der Waals surface area contributed by atoms with Crippen LogP contribution in [0.15, 0.2) is 110 Å². The molecule has 6 aromatic rings. The van der Waals surface area contributed by atoms with Gasteiger partial charge in [0.25, 0.3) is 5.91 Å². The summed E-state index contributed by atoms with van der Waals surface area (Å²) >= 11 is 0. The Kier molecular flexibility index (Phi) is 18.5. The summed E-state index contributed by atoms with van der Waals surface area (Å²) in [7, 11) is 7.63. The van der Waals surface area contributed by atoms with E-state index in [4.69, 9.17) is 29.4 Å². The molecule has 0 aliphatic carbocycles. The second kappa shape index (κ2) is 22.4. The summed E-state index contributed by atoms with van der Waals surface area (Å²) in [5.74, 6) is 1.46. The van der Waals surface area contributed by atoms with Gasteiger partial charge in [0.2, 0.25) is 0 Å². The second-order valence-corrected chi connectivity index (χ2v) is 11.5. The molecule has 0 aliphatic rings. The van der Waals surface area contributed by atoms with Gasteiger partial charge in [0.05, 0.1) is 52.5 Å². The van der Waals surface area contributed by atoms with Gasteiger partial charge in [0, 0.05) is 35.4 Å². The van der Waals surface area contributed by atoms with Crippen LogP contribution >= 0.6 is 0 Å². The normalized spacial score (nSPS) is 9.80. The van der Waals surface area contributed by atoms with Gasteiger partial charge in [-0.1, -0.05) is 36.4 Å². The number of hydrogen-bond donors (Lipinski definition) is 1. The van der Waals surface area contributed by atoms with E-state index in [1.165, 1.54) is 34.0 Å². The van der Waals surface area contributed by atoms with Crippen molar-refractivity contribution in [3.05, 3.63) is 150 Å². The first-order chi connectivity index (χ1) is 25.8. The van der Waals surface area contributed by atoms with Gasteiger partial charge in [-0.15, -0.1) is 0 Å². The predicted molar refractivity (Wildman–Crippen MR) is 205 cm³/mol. The number of primary amides is 1. The van der Waals surface area contributed by atoms with Crippen LogP contribution in [-0.4, -0.2) is 67.4 Å². The average molecular weight is 772 g/mol. The number of carbonyl (C=O) groups excluding carboxylic acids is 2. The van der Waals surface area contributed by atoms with Crippen molar-refractivity contribution in [3.8, 4) is 45.5 Å². The minimum atomic E-state index is -0.527. The van der Waals surface area contributed by atoms with E-state index in [9.17, 15) is 9.59 Å². The Balaban J connectivity index is 0.000000367. The van der Waals surface area contributed by atoms with E-state index in [-0.39, 0.29) is 37.4 Å². The summed E-state index contributed by atoms with van der Waals surface area (Å²) in [6.45, 7) is 0. The van der Waals surface area contributed by atoms with E-state index in [1.807, 2.05) is 72.8 Å². The Morgan fingerprint density at radius 3 is 1.38 bits per heavy atom. The van der Waals surface area contributed by atoms with Gasteiger partial charge in [0.1, 0.15) is 41.2 Å². The van der Waals surface area contributed by atoms with Crippen molar-refractivity contribution >= 4 is 11.9 Å². The van der Waals surface area contributed by atoms with Gasteiger partial charge in [-0.2, -0.15) is 0 Å². The number of aromatic nitrogens is 4. The molecule has 0 atom stereocenters. The van der Waals surface area contributed by atoms with Crippen molar-refractivity contribution in [1.82, 2.24) is 19.9 Å². The minimum Gasteiger partial charge on any atom is -1.00 e. The van der Waals surface area contributed by atoms with Crippen molar-refractivity contribution < 1.29 is 64.5 Å². The molecule has 0 fully saturated rings. The molecule has 0 saturated carbocycles. The van der Waals surface area contributed by atoms with Gasteiger partial charge in [0.15, 0.2) is 0 Å². The fourth-order valence-electron chi connectivity index (χ4n) is 5.61. The van der Waals surface area contributed by atoms with Crippen LogP contribution in [0.4, 0.5) is 0 Å². The number of halogens is 1. The largest absolute Gasteiger partial charge is 1.00 e. The molecule has 0 radical (unpaired) electrons. The number of para-hydroxylation sites is 2. The van der Waals surface area contributed by atoms with E-state index >= 15 is 0 Å². The maximum absolute atomic E-state index is 12.0. The van der Waals surface area contributed by atoms with Crippen LogP contribution in [0.5, 0.6) is 23.0 Å². The zero-order valence-corrected chi connectivity index (χ0v) is 32.7. The molecule has 0 unspecified atom stereocenters. The smallest absolute Gasteiger partial charge is 1.00 e. The number of esters is 1. The van der Waals surface area contributed by atoms with Crippen molar-refractivity contribution in [3.63, 3.8) is 0 Å². The number of rotatable bonds is 12. The summed E-state index contributed by atoms with van der Waals surface area (Å²) in [6, 6.07) is 30.0. The molecule has 2 heterocycles. The van der Waals surface area contributed by atoms with E-state index in [2.05, 4.69) is 19.9 Å². The first-order valence-electron chi connectivity index (χ1n) is 16.4. The molecule has 13 nitrogen and oxygen atoms in total. The Bertz CT molecular complexity index is 2230. The molecule has 0 saturated heterocycles. The summed E-state index contributed by atoms with van der Waals surface area (Å²) in [4.78, 5) is 41.0. The molecule has 286 valence electrons. The number of benzene rings is 4. The van der Waals surface area contributed by atoms with Crippen LogP contribution in [0, 0.1) is 0 Å². The third kappa shape index (κ3) is 11.5. The monoisotopic (exact) mass is 771 g/mol. The Hall–Kier alpha value is -5.97. The molecule has 6 rings (SSSR count). The van der Waals surface area contributed by atoms with Crippen LogP contribution in [0.1, 0.15) is 43.2 Å². The number of methoxy groups -OCH3 is 5. The maximum Gasteiger partial charge on any atom is 1.00 e. The number of nitrogens with zero attached hydrogens (tertiary/aromatic N) is 4. The van der Waals surface area contributed by atoms with Crippen LogP contribution < -0.4 is 55.9 Å². The fourth-order valence-corrected chi connectivity index (χ4v) is 5.61. The van der Waals surface area contributed by atoms with E-state index < -0.39 is 11.9 Å². The Labute approximate surface area is 344 Å². The topological polar surface area (TPSA) is 191 Å². The number of amides is 1. The molecule has 2 aromatic heterocycles. The Morgan fingerprint density at radius 1 is 0.554 bits per heavy atom. The van der Waals surface area contributed by atoms with Crippen molar-refractivity contribution in [1.29, 1.82) is 0 Å². The predicted octanol–water partition coefficient (Wildman–Crippen LogP) is 1.11. The number of hydrogen-bond acceptors (Lipinski definition) is 11.